The van der Waals surface area contributed by atoms with Crippen LogP contribution >= 0.6 is 0 Å². The topological polar surface area (TPSA) is 152 Å². The van der Waals surface area contributed by atoms with E-state index in [1.165, 1.54) is 30.8 Å². The van der Waals surface area contributed by atoms with Crippen molar-refractivity contribution in [2.24, 2.45) is 0 Å². The van der Waals surface area contributed by atoms with Crippen LogP contribution in [0.5, 0.6) is 5.75 Å². The van der Waals surface area contributed by atoms with Crippen molar-refractivity contribution in [3.05, 3.63) is 89.9 Å². The molecule has 3 heterocycles. The Morgan fingerprint density at radius 3 is 2.19 bits per heavy atom. The van der Waals surface area contributed by atoms with E-state index in [1.807, 2.05) is 19.1 Å². The van der Waals surface area contributed by atoms with Gasteiger partial charge in [-0.2, -0.15) is 10.1 Å². The Labute approximate surface area is 318 Å². The van der Waals surface area contributed by atoms with E-state index in [0.717, 1.165) is 12.8 Å². The molecule has 0 aliphatic carbocycles. The molecular weight excluding hydrogens is 703 g/mol. The van der Waals surface area contributed by atoms with E-state index in [2.05, 4.69) is 96.8 Å². The van der Waals surface area contributed by atoms with Gasteiger partial charge in [0.05, 0.1) is 38.6 Å². The van der Waals surface area contributed by atoms with E-state index in [4.69, 9.17) is 28.7 Å². The first-order chi connectivity index (χ1) is 25.9. The molecule has 2 aromatic carbocycles. The van der Waals surface area contributed by atoms with Crippen LogP contribution in [-0.4, -0.2) is 78.6 Å². The van der Waals surface area contributed by atoms with Gasteiger partial charge in [0.2, 0.25) is 5.95 Å². The summed E-state index contributed by atoms with van der Waals surface area (Å²) in [6, 6.07) is 22.7. The lowest BCUT2D eigenvalue weighted by molar-refractivity contribution is 0.0525. The Kier molecular flexibility index (Phi) is 13.0. The van der Waals surface area contributed by atoms with Gasteiger partial charge in [-0.1, -0.05) is 94.8 Å². The van der Waals surface area contributed by atoms with Crippen molar-refractivity contribution in [2.45, 2.75) is 78.4 Å². The number of ether oxygens (including phenoxy) is 3. The SMILES string of the molecule is CCC[C@@H](CCO[Si](c1ccccc1)(c1ccccc1)C(C)(C)C)Nc1nc(NC(=O)OC)nc2c(C)nn(Cc3ncc(C(=O)OCC)cc3OC)c12. The Morgan fingerprint density at radius 2 is 1.61 bits per heavy atom. The minimum atomic E-state index is -2.76. The van der Waals surface area contributed by atoms with E-state index in [1.54, 1.807) is 17.7 Å². The van der Waals surface area contributed by atoms with Crippen LogP contribution in [0.4, 0.5) is 16.6 Å². The summed E-state index contributed by atoms with van der Waals surface area (Å²) in [6.45, 7) is 13.5. The lowest BCUT2D eigenvalue weighted by Gasteiger charge is -2.43. The number of nitrogens with zero attached hydrogens (tertiary/aromatic N) is 5. The molecule has 1 amide bonds. The minimum absolute atomic E-state index is 0.0579. The summed E-state index contributed by atoms with van der Waals surface area (Å²) in [6.07, 6.45) is 3.19. The Bertz CT molecular complexity index is 2000. The van der Waals surface area contributed by atoms with Crippen molar-refractivity contribution in [1.82, 2.24) is 24.7 Å². The molecule has 14 heteroatoms. The zero-order chi connectivity index (χ0) is 38.9. The fourth-order valence-corrected chi connectivity index (χ4v) is 11.4. The van der Waals surface area contributed by atoms with Crippen LogP contribution in [0.1, 0.15) is 75.6 Å². The van der Waals surface area contributed by atoms with Gasteiger partial charge in [0.25, 0.3) is 8.32 Å². The predicted molar refractivity (Wildman–Crippen MR) is 212 cm³/mol. The van der Waals surface area contributed by atoms with Crippen molar-refractivity contribution < 1.29 is 28.2 Å². The van der Waals surface area contributed by atoms with E-state index in [0.29, 0.717) is 47.0 Å². The third-order valence-corrected chi connectivity index (χ3v) is 14.3. The van der Waals surface area contributed by atoms with Gasteiger partial charge in [0, 0.05) is 18.8 Å². The van der Waals surface area contributed by atoms with Crippen LogP contribution in [0.15, 0.2) is 72.9 Å². The van der Waals surface area contributed by atoms with Gasteiger partial charge in [-0.05, 0) is 48.2 Å². The zero-order valence-corrected chi connectivity index (χ0v) is 33.4. The molecule has 3 aromatic heterocycles. The second kappa shape index (κ2) is 17.7. The number of fused-ring (bicyclic) bond motifs is 1. The normalized spacial score (nSPS) is 12.3. The van der Waals surface area contributed by atoms with Gasteiger partial charge in [-0.15, -0.1) is 0 Å². The molecular formula is C40H51N7O6Si. The molecule has 5 aromatic rings. The summed E-state index contributed by atoms with van der Waals surface area (Å²) in [7, 11) is 0.0484. The average Bonchev–Trinajstić information content (AvgIpc) is 3.47. The van der Waals surface area contributed by atoms with Crippen LogP contribution in [0.3, 0.4) is 0 Å². The lowest BCUT2D eigenvalue weighted by atomic mass is 10.1. The van der Waals surface area contributed by atoms with Gasteiger partial charge < -0.3 is 24.0 Å². The van der Waals surface area contributed by atoms with E-state index in [-0.39, 0.29) is 35.7 Å². The third-order valence-electron chi connectivity index (χ3n) is 9.30. The van der Waals surface area contributed by atoms with E-state index in [9.17, 15) is 9.59 Å². The first-order valence-corrected chi connectivity index (χ1v) is 20.2. The molecule has 0 saturated carbocycles. The highest BCUT2D eigenvalue weighted by Crippen LogP contribution is 2.37. The van der Waals surface area contributed by atoms with Crippen LogP contribution in [0.25, 0.3) is 11.0 Å². The molecule has 0 bridgehead atoms. The standard InChI is InChI=1S/C40H51N7O6Si/c1-9-17-29(22-23-53-54(40(4,5)6,30-18-13-11-14-19-30)31-20-15-12-16-21-31)42-36-35-34(43-38(44-36)45-39(49)51-8)27(3)46-47(35)26-32-33(50-7)24-28(25-41-32)37(48)52-10-2/h11-16,18-21,24-25,29H,9-10,17,22-23,26H2,1-8H3,(H2,42,43,44,45,49)/t29-/m0/s1. The minimum Gasteiger partial charge on any atom is -0.495 e. The number of pyridine rings is 1. The van der Waals surface area contributed by atoms with E-state index >= 15 is 0 Å². The highest BCUT2D eigenvalue weighted by Gasteiger charge is 2.50. The molecule has 0 aliphatic heterocycles. The fourth-order valence-electron chi connectivity index (χ4n) is 6.83. The number of carbonyl (C=O) groups is 2. The summed E-state index contributed by atoms with van der Waals surface area (Å²) in [4.78, 5) is 38.7. The summed E-state index contributed by atoms with van der Waals surface area (Å²) in [5.41, 5.74) is 2.61. The number of carbonyl (C=O) groups excluding carboxylic acids is 2. The van der Waals surface area contributed by atoms with Crippen LogP contribution in [-0.2, 0) is 20.4 Å². The molecule has 286 valence electrons. The summed E-state index contributed by atoms with van der Waals surface area (Å²) >= 11 is 0. The van der Waals surface area contributed by atoms with Crippen molar-refractivity contribution in [2.75, 3.05) is 38.1 Å². The second-order valence-electron chi connectivity index (χ2n) is 14.0. The highest BCUT2D eigenvalue weighted by atomic mass is 28.4. The first kappa shape index (κ1) is 39.9. The Balaban J connectivity index is 1.51. The molecule has 5 rings (SSSR count). The average molecular weight is 754 g/mol. The number of hydrogen-bond donors (Lipinski definition) is 2. The first-order valence-electron chi connectivity index (χ1n) is 18.3. The molecule has 13 nitrogen and oxygen atoms in total. The summed E-state index contributed by atoms with van der Waals surface area (Å²) in [5.74, 6) is 0.484. The van der Waals surface area contributed by atoms with Gasteiger partial charge in [0.15, 0.2) is 5.82 Å². The Hall–Kier alpha value is -5.34. The number of rotatable bonds is 16. The smallest absolute Gasteiger partial charge is 0.413 e. The zero-order valence-electron chi connectivity index (χ0n) is 32.4. The molecule has 0 aliphatic rings. The van der Waals surface area contributed by atoms with Gasteiger partial charge in [-0.3, -0.25) is 15.0 Å². The molecule has 54 heavy (non-hydrogen) atoms. The van der Waals surface area contributed by atoms with Crippen molar-refractivity contribution in [1.29, 1.82) is 0 Å². The maximum absolute atomic E-state index is 12.4. The highest BCUT2D eigenvalue weighted by molar-refractivity contribution is 6.99. The molecule has 0 saturated heterocycles. The number of benzene rings is 2. The quantitative estimate of drug-likeness (QED) is 0.0841. The third kappa shape index (κ3) is 8.71. The molecule has 0 fully saturated rings. The van der Waals surface area contributed by atoms with Crippen molar-refractivity contribution in [3.8, 4) is 5.75 Å². The number of aromatic nitrogens is 5. The van der Waals surface area contributed by atoms with Crippen LogP contribution < -0.4 is 25.7 Å². The summed E-state index contributed by atoms with van der Waals surface area (Å²) in [5, 5.41) is 13.4. The second-order valence-corrected chi connectivity index (χ2v) is 18.3. The van der Waals surface area contributed by atoms with Gasteiger partial charge in [0.1, 0.15) is 22.5 Å². The van der Waals surface area contributed by atoms with Gasteiger partial charge in [-0.25, -0.2) is 14.6 Å². The van der Waals surface area contributed by atoms with Crippen LogP contribution in [0.2, 0.25) is 5.04 Å². The fraction of sp³-hybridized carbons (Fsp3) is 0.400. The number of esters is 1. The molecule has 1 atom stereocenters. The number of hydrogen-bond acceptors (Lipinski definition) is 11. The maximum atomic E-state index is 12.4. The van der Waals surface area contributed by atoms with E-state index < -0.39 is 20.4 Å². The lowest BCUT2D eigenvalue weighted by Crippen LogP contribution is -2.66. The number of amides is 1. The Morgan fingerprint density at radius 1 is 0.944 bits per heavy atom. The number of anilines is 2. The largest absolute Gasteiger partial charge is 0.495 e. The maximum Gasteiger partial charge on any atom is 0.413 e. The molecule has 0 spiro atoms. The summed E-state index contributed by atoms with van der Waals surface area (Å²) < 4.78 is 24.7. The number of aryl methyl sites for hydroxylation is 1. The molecule has 2 N–H and O–H groups in total. The number of methoxy groups -OCH3 is 2. The van der Waals surface area contributed by atoms with Crippen LogP contribution in [0, 0.1) is 6.92 Å². The molecule has 0 unspecified atom stereocenters. The monoisotopic (exact) mass is 753 g/mol. The van der Waals surface area contributed by atoms with Crippen molar-refractivity contribution >= 4 is 53.6 Å². The number of nitrogens with one attached hydrogen (secondary N) is 2. The van der Waals surface area contributed by atoms with Gasteiger partial charge >= 0.3 is 12.1 Å². The van der Waals surface area contributed by atoms with Crippen molar-refractivity contribution in [3.63, 3.8) is 0 Å². The predicted octanol–water partition coefficient (Wildman–Crippen LogP) is 6.49. The molecule has 0 radical (unpaired) electrons.